The first-order valence-corrected chi connectivity index (χ1v) is 4.58. The van der Waals surface area contributed by atoms with E-state index in [1.54, 1.807) is 18.2 Å². The number of fused-ring (bicyclic) bond motifs is 1. The van der Waals surface area contributed by atoms with Crippen molar-refractivity contribution in [2.24, 2.45) is 0 Å². The van der Waals surface area contributed by atoms with Gasteiger partial charge in [-0.25, -0.2) is 0 Å². The van der Waals surface area contributed by atoms with E-state index < -0.39 is 5.12 Å². The van der Waals surface area contributed by atoms with Gasteiger partial charge in [-0.1, -0.05) is 12.1 Å². The molecule has 1 aromatic rings. The molecular weight excluding hydrogens is 177 g/mol. The molecule has 0 fully saturated rings. The maximum atomic E-state index is 11.0. The normalized spacial score (nSPS) is 15.8. The summed E-state index contributed by atoms with van der Waals surface area (Å²) in [4.78, 5) is 22.8. The minimum atomic E-state index is -0.418. The van der Waals surface area contributed by atoms with Crippen molar-refractivity contribution in [2.75, 3.05) is 0 Å². The fourth-order valence-corrected chi connectivity index (χ4v) is 2.04. The number of ketones is 1. The first-order chi connectivity index (χ1) is 6.16. The number of Topliss-reactive ketones (excluding diaryl/α,β-unsaturated/α-hetero) is 1. The van der Waals surface area contributed by atoms with Gasteiger partial charge in [0.2, 0.25) is 5.78 Å². The van der Waals surface area contributed by atoms with Crippen LogP contribution in [0.15, 0.2) is 23.1 Å². The van der Waals surface area contributed by atoms with Crippen molar-refractivity contribution in [2.45, 2.75) is 11.3 Å². The van der Waals surface area contributed by atoms with E-state index in [-0.39, 0.29) is 12.2 Å². The number of thioether (sulfide) groups is 1. The van der Waals surface area contributed by atoms with Crippen LogP contribution in [0.3, 0.4) is 0 Å². The van der Waals surface area contributed by atoms with Crippen molar-refractivity contribution in [3.05, 3.63) is 36.2 Å². The van der Waals surface area contributed by atoms with Crippen molar-refractivity contribution in [3.63, 3.8) is 0 Å². The molecule has 0 N–H and O–H groups in total. The molecule has 3 radical (unpaired) electrons. The Balaban J connectivity index is 2.48. The third-order valence-electron chi connectivity index (χ3n) is 1.85. The van der Waals surface area contributed by atoms with Gasteiger partial charge in [-0.3, -0.25) is 9.59 Å². The molecule has 63 valence electrons. The molecule has 1 heterocycles. The lowest BCUT2D eigenvalue weighted by Gasteiger charge is -2.12. The molecule has 0 atom stereocenters. The molecule has 0 spiro atoms. The lowest BCUT2D eigenvalue weighted by molar-refractivity contribution is -0.131. The minimum absolute atomic E-state index is 0.182. The van der Waals surface area contributed by atoms with Crippen LogP contribution in [0, 0.1) is 6.92 Å². The largest absolute Gasteiger partial charge is 0.289 e. The molecule has 0 bridgehead atoms. The van der Waals surface area contributed by atoms with Crippen LogP contribution in [-0.2, 0) is 16.0 Å². The molecule has 3 heteroatoms. The summed E-state index contributed by atoms with van der Waals surface area (Å²) in [6.45, 7) is 7.34. The van der Waals surface area contributed by atoms with Crippen LogP contribution in [0.4, 0.5) is 0 Å². The molecule has 0 unspecified atom stereocenters. The summed E-state index contributed by atoms with van der Waals surface area (Å²) < 4.78 is 0. The van der Waals surface area contributed by atoms with Crippen molar-refractivity contribution in [1.29, 1.82) is 0 Å². The van der Waals surface area contributed by atoms with Gasteiger partial charge in [0, 0.05) is 18.2 Å². The quantitative estimate of drug-likeness (QED) is 0.568. The zero-order chi connectivity index (χ0) is 9.42. The van der Waals surface area contributed by atoms with Crippen molar-refractivity contribution in [3.8, 4) is 0 Å². The summed E-state index contributed by atoms with van der Waals surface area (Å²) in [5, 5.41) is -0.418. The number of carbonyl (C=O) groups excluding carboxylic acids is 2. The Morgan fingerprint density at radius 2 is 2.08 bits per heavy atom. The van der Waals surface area contributed by atoms with Crippen LogP contribution in [0.25, 0.3) is 0 Å². The van der Waals surface area contributed by atoms with Gasteiger partial charge < -0.3 is 0 Å². The van der Waals surface area contributed by atoms with E-state index in [1.165, 1.54) is 0 Å². The van der Waals surface area contributed by atoms with Gasteiger partial charge in [0.25, 0.3) is 5.12 Å². The van der Waals surface area contributed by atoms with Gasteiger partial charge in [-0.15, -0.1) is 0 Å². The number of hydrogen-bond donors (Lipinski definition) is 0. The smallest absolute Gasteiger partial charge is 0.260 e. The predicted molar refractivity (Wildman–Crippen MR) is 48.4 cm³/mol. The minimum Gasteiger partial charge on any atom is -0.289 e. The molecule has 2 nitrogen and oxygen atoms in total. The Labute approximate surface area is 80.3 Å². The summed E-state index contributed by atoms with van der Waals surface area (Å²) >= 11 is 0.926. The maximum absolute atomic E-state index is 11.0. The van der Waals surface area contributed by atoms with Gasteiger partial charge >= 0.3 is 0 Å². The van der Waals surface area contributed by atoms with Gasteiger partial charge in [-0.2, -0.15) is 0 Å². The van der Waals surface area contributed by atoms with Crippen LogP contribution in [0.2, 0.25) is 0 Å². The Morgan fingerprint density at radius 3 is 2.85 bits per heavy atom. The van der Waals surface area contributed by atoms with Crippen LogP contribution >= 0.6 is 11.8 Å². The molecule has 2 rings (SSSR count). The van der Waals surface area contributed by atoms with Crippen molar-refractivity contribution < 1.29 is 9.59 Å². The number of rotatable bonds is 0. The molecule has 0 aliphatic carbocycles. The highest BCUT2D eigenvalue weighted by Crippen LogP contribution is 2.30. The molecule has 1 aromatic carbocycles. The van der Waals surface area contributed by atoms with E-state index >= 15 is 0 Å². The Morgan fingerprint density at radius 1 is 1.31 bits per heavy atom. The Kier molecular flexibility index (Phi) is 1.96. The molecular formula is C10H5O2S. The van der Waals surface area contributed by atoms with Gasteiger partial charge in [-0.05, 0) is 29.0 Å². The number of hydrogen-bond acceptors (Lipinski definition) is 3. The summed E-state index contributed by atoms with van der Waals surface area (Å²) in [5.74, 6) is -0.352. The van der Waals surface area contributed by atoms with E-state index in [0.29, 0.717) is 5.56 Å². The van der Waals surface area contributed by atoms with Gasteiger partial charge in [0.15, 0.2) is 0 Å². The number of carbonyl (C=O) groups is 2. The molecule has 1 aliphatic heterocycles. The molecule has 0 amide bonds. The third kappa shape index (κ3) is 1.52. The molecule has 13 heavy (non-hydrogen) atoms. The average Bonchev–Trinajstić information content (AvgIpc) is 2.08. The van der Waals surface area contributed by atoms with E-state index in [9.17, 15) is 9.59 Å². The SMILES string of the molecule is [5C]c1ccc2c(c1)SC(=O)C(=O)C2. The molecule has 1 aliphatic rings. The zero-order valence-electron chi connectivity index (χ0n) is 6.66. The van der Waals surface area contributed by atoms with Crippen LogP contribution in [-0.4, -0.2) is 10.9 Å². The Hall–Kier alpha value is -1.09. The monoisotopic (exact) mass is 182 g/mol. The van der Waals surface area contributed by atoms with E-state index in [1.807, 2.05) is 0 Å². The average molecular weight is 182 g/mol. The first-order valence-electron chi connectivity index (χ1n) is 3.76. The molecule has 0 saturated carbocycles. The topological polar surface area (TPSA) is 34.1 Å². The van der Waals surface area contributed by atoms with E-state index in [4.69, 9.17) is 6.92 Å². The highest BCUT2D eigenvalue weighted by atomic mass is 32.2. The van der Waals surface area contributed by atoms with E-state index in [2.05, 4.69) is 0 Å². The fraction of sp³-hybridized carbons (Fsp3) is 0.100. The second-order valence-electron chi connectivity index (χ2n) is 2.81. The second kappa shape index (κ2) is 3.00. The van der Waals surface area contributed by atoms with Crippen LogP contribution in [0.5, 0.6) is 0 Å². The highest BCUT2D eigenvalue weighted by molar-refractivity contribution is 8.15. The maximum Gasteiger partial charge on any atom is 0.260 e. The standard InChI is InChI=1S/C10H5O2S/c1-6-2-3-7-5-8(11)10(12)13-9(7)4-6/h2-4H,5H2/i1-7. The second-order valence-corrected chi connectivity index (χ2v) is 3.83. The summed E-state index contributed by atoms with van der Waals surface area (Å²) in [6.07, 6.45) is 0.182. The molecule has 0 saturated heterocycles. The van der Waals surface area contributed by atoms with Crippen LogP contribution in [0.1, 0.15) is 11.1 Å². The zero-order valence-corrected chi connectivity index (χ0v) is 7.48. The predicted octanol–water partition coefficient (Wildman–Crippen LogP) is 1.37. The summed E-state index contributed by atoms with van der Waals surface area (Å²) in [5.41, 5.74) is 1.22. The lowest BCUT2D eigenvalue weighted by Crippen LogP contribution is -2.18. The van der Waals surface area contributed by atoms with Crippen LogP contribution < -0.4 is 0 Å². The van der Waals surface area contributed by atoms with Gasteiger partial charge in [0.1, 0.15) is 0 Å². The Bertz CT molecular complexity index is 396. The third-order valence-corrected chi connectivity index (χ3v) is 2.86. The fourth-order valence-electron chi connectivity index (χ4n) is 1.20. The van der Waals surface area contributed by atoms with Crippen molar-refractivity contribution in [1.82, 2.24) is 0 Å². The number of benzene rings is 1. The first kappa shape index (κ1) is 8.51. The highest BCUT2D eigenvalue weighted by Gasteiger charge is 2.24. The molecule has 0 aromatic heterocycles. The van der Waals surface area contributed by atoms with Crippen molar-refractivity contribution >= 4 is 22.7 Å². The van der Waals surface area contributed by atoms with E-state index in [0.717, 1.165) is 22.2 Å². The lowest BCUT2D eigenvalue weighted by atomic mass is 4.86. The van der Waals surface area contributed by atoms with Gasteiger partial charge in [0.05, 0.1) is 0 Å². The summed E-state index contributed by atoms with van der Waals surface area (Å²) in [7, 11) is 0. The summed E-state index contributed by atoms with van der Waals surface area (Å²) in [6, 6.07) is 4.97.